The van der Waals surface area contributed by atoms with Crippen LogP contribution < -0.4 is 5.43 Å². The molecule has 2 atom stereocenters. The van der Waals surface area contributed by atoms with Crippen molar-refractivity contribution in [3.63, 3.8) is 0 Å². The van der Waals surface area contributed by atoms with Crippen LogP contribution in [0.1, 0.15) is 31.7 Å². The van der Waals surface area contributed by atoms with Crippen LogP contribution in [0.4, 0.5) is 14.0 Å². The molecule has 0 unspecified atom stereocenters. The first-order chi connectivity index (χ1) is 12.0. The summed E-state index contributed by atoms with van der Waals surface area (Å²) in [6, 6.07) is 4.00. The smallest absolute Gasteiger partial charge is 0.429 e. The molecule has 0 aliphatic heterocycles. The zero-order valence-corrected chi connectivity index (χ0v) is 14.8. The number of benzene rings is 1. The van der Waals surface area contributed by atoms with Gasteiger partial charge >= 0.3 is 12.2 Å². The molecule has 1 aromatic carbocycles. The van der Waals surface area contributed by atoms with Crippen LogP contribution in [-0.4, -0.2) is 36.5 Å². The summed E-state index contributed by atoms with van der Waals surface area (Å²) in [6.45, 7) is 3.64. The number of nitrogens with zero attached hydrogens (tertiary/aromatic N) is 1. The Morgan fingerprint density at radius 2 is 2.04 bits per heavy atom. The number of carbonyl (C=O) groups excluding carboxylic acids is 2. The second kappa shape index (κ2) is 8.71. The van der Waals surface area contributed by atoms with Crippen molar-refractivity contribution in [2.75, 3.05) is 13.2 Å². The molecule has 0 saturated heterocycles. The Balaban J connectivity index is 2.26. The van der Waals surface area contributed by atoms with Gasteiger partial charge in [0.2, 0.25) is 0 Å². The normalized spacial score (nSPS) is 18.7. The molecule has 1 aromatic rings. The van der Waals surface area contributed by atoms with Crippen molar-refractivity contribution < 1.29 is 23.5 Å². The fourth-order valence-corrected chi connectivity index (χ4v) is 2.79. The zero-order chi connectivity index (χ0) is 18.4. The van der Waals surface area contributed by atoms with Crippen LogP contribution in [0.3, 0.4) is 0 Å². The summed E-state index contributed by atoms with van der Waals surface area (Å²) in [5.41, 5.74) is 3.05. The Hall–Kier alpha value is -2.28. The topological polar surface area (TPSA) is 67.9 Å². The number of carbonyl (C=O) groups is 2. The SMILES string of the molecule is CCOC(=O)NN(C(=O)OCC)[C@@H]1CC=C[C@H]1c1ccc(Cl)c(F)c1. The summed E-state index contributed by atoms with van der Waals surface area (Å²) in [4.78, 5) is 24.1. The standard InChI is InChI=1S/C17H20ClFN2O4/c1-3-24-16(22)20-21(17(23)25-4-2)15-7-5-6-12(15)11-8-9-13(18)14(19)10-11/h5-6,8-10,12,15H,3-4,7H2,1-2H3,(H,20,22)/t12-,15+/m0/s1. The maximum absolute atomic E-state index is 13.8. The molecule has 0 aromatic heterocycles. The molecular weight excluding hydrogens is 351 g/mol. The summed E-state index contributed by atoms with van der Waals surface area (Å²) < 4.78 is 23.7. The molecule has 0 spiro atoms. The Labute approximate surface area is 150 Å². The average Bonchev–Trinajstić information content (AvgIpc) is 3.05. The predicted molar refractivity (Wildman–Crippen MR) is 90.7 cm³/mol. The molecule has 2 amide bonds. The van der Waals surface area contributed by atoms with Gasteiger partial charge in [0, 0.05) is 5.92 Å². The highest BCUT2D eigenvalue weighted by Crippen LogP contribution is 2.33. The molecule has 1 N–H and O–H groups in total. The monoisotopic (exact) mass is 370 g/mol. The van der Waals surface area contributed by atoms with E-state index in [1.807, 2.05) is 12.2 Å². The third-order valence-corrected chi connectivity index (χ3v) is 4.05. The van der Waals surface area contributed by atoms with Gasteiger partial charge in [0.25, 0.3) is 0 Å². The Morgan fingerprint density at radius 3 is 2.68 bits per heavy atom. The van der Waals surface area contributed by atoms with Crippen molar-refractivity contribution in [1.29, 1.82) is 0 Å². The number of rotatable bonds is 4. The summed E-state index contributed by atoms with van der Waals surface area (Å²) in [6.07, 6.45) is 2.72. The van der Waals surface area contributed by atoms with E-state index in [4.69, 9.17) is 21.1 Å². The summed E-state index contributed by atoms with van der Waals surface area (Å²) >= 11 is 5.73. The second-order valence-electron chi connectivity index (χ2n) is 5.33. The Kier molecular flexibility index (Phi) is 6.64. The number of hydrogen-bond acceptors (Lipinski definition) is 4. The van der Waals surface area contributed by atoms with Gasteiger partial charge in [-0.15, -0.1) is 0 Å². The third kappa shape index (κ3) is 4.63. The lowest BCUT2D eigenvalue weighted by Crippen LogP contribution is -2.53. The van der Waals surface area contributed by atoms with Gasteiger partial charge in [0.15, 0.2) is 0 Å². The van der Waals surface area contributed by atoms with E-state index in [1.165, 1.54) is 12.1 Å². The van der Waals surface area contributed by atoms with Crippen molar-refractivity contribution in [2.24, 2.45) is 0 Å². The molecule has 0 radical (unpaired) electrons. The fourth-order valence-electron chi connectivity index (χ4n) is 2.68. The molecule has 0 saturated carbocycles. The molecule has 136 valence electrons. The number of hydrogen-bond donors (Lipinski definition) is 1. The summed E-state index contributed by atoms with van der Waals surface area (Å²) in [7, 11) is 0. The van der Waals surface area contributed by atoms with Gasteiger partial charge in [-0.05, 0) is 38.0 Å². The number of halogens is 2. The lowest BCUT2D eigenvalue weighted by molar-refractivity contribution is 0.0541. The van der Waals surface area contributed by atoms with Gasteiger partial charge in [-0.3, -0.25) is 0 Å². The second-order valence-corrected chi connectivity index (χ2v) is 5.74. The Morgan fingerprint density at radius 1 is 1.32 bits per heavy atom. The molecule has 2 rings (SSSR count). The molecule has 1 aliphatic rings. The molecular formula is C17H20ClFN2O4. The van der Waals surface area contributed by atoms with Crippen LogP contribution in [0.2, 0.25) is 5.02 Å². The molecule has 6 nitrogen and oxygen atoms in total. The highest BCUT2D eigenvalue weighted by molar-refractivity contribution is 6.30. The maximum atomic E-state index is 13.8. The number of ether oxygens (including phenoxy) is 2. The summed E-state index contributed by atoms with van der Waals surface area (Å²) in [5.74, 6) is -0.864. The van der Waals surface area contributed by atoms with Gasteiger partial charge in [0.1, 0.15) is 5.82 Å². The highest BCUT2D eigenvalue weighted by Gasteiger charge is 2.35. The number of hydrazine groups is 1. The maximum Gasteiger partial charge on any atom is 0.429 e. The van der Waals surface area contributed by atoms with Crippen LogP contribution in [0.25, 0.3) is 0 Å². The van der Waals surface area contributed by atoms with Crippen molar-refractivity contribution >= 4 is 23.8 Å². The van der Waals surface area contributed by atoms with Crippen LogP contribution in [0.15, 0.2) is 30.4 Å². The van der Waals surface area contributed by atoms with Crippen molar-refractivity contribution in [1.82, 2.24) is 10.4 Å². The molecule has 0 heterocycles. The minimum absolute atomic E-state index is 0.0224. The van der Waals surface area contributed by atoms with Crippen LogP contribution in [0, 0.1) is 5.82 Å². The van der Waals surface area contributed by atoms with Crippen LogP contribution in [-0.2, 0) is 9.47 Å². The minimum atomic E-state index is -0.761. The molecule has 25 heavy (non-hydrogen) atoms. The van der Waals surface area contributed by atoms with Gasteiger partial charge in [0.05, 0.1) is 24.3 Å². The van der Waals surface area contributed by atoms with E-state index >= 15 is 0 Å². The van der Waals surface area contributed by atoms with E-state index in [1.54, 1.807) is 19.9 Å². The van der Waals surface area contributed by atoms with E-state index in [-0.39, 0.29) is 24.2 Å². The fraction of sp³-hybridized carbons (Fsp3) is 0.412. The largest absolute Gasteiger partial charge is 0.449 e. The number of amides is 2. The molecule has 0 fully saturated rings. The molecule has 0 bridgehead atoms. The number of nitrogens with one attached hydrogen (secondary N) is 1. The first-order valence-corrected chi connectivity index (χ1v) is 8.36. The minimum Gasteiger partial charge on any atom is -0.449 e. The molecule has 1 aliphatic carbocycles. The van der Waals surface area contributed by atoms with E-state index in [0.717, 1.165) is 5.01 Å². The van der Waals surface area contributed by atoms with Crippen molar-refractivity contribution in [3.05, 3.63) is 46.8 Å². The highest BCUT2D eigenvalue weighted by atomic mass is 35.5. The lowest BCUT2D eigenvalue weighted by atomic mass is 9.94. The third-order valence-electron chi connectivity index (χ3n) is 3.75. The van der Waals surface area contributed by atoms with Crippen LogP contribution >= 0.6 is 11.6 Å². The Bertz CT molecular complexity index is 668. The first kappa shape index (κ1) is 19.1. The van der Waals surface area contributed by atoms with E-state index < -0.39 is 24.0 Å². The zero-order valence-electron chi connectivity index (χ0n) is 14.0. The van der Waals surface area contributed by atoms with E-state index in [0.29, 0.717) is 12.0 Å². The lowest BCUT2D eigenvalue weighted by Gasteiger charge is -2.32. The predicted octanol–water partition coefficient (Wildman–Crippen LogP) is 4.01. The summed E-state index contributed by atoms with van der Waals surface area (Å²) in [5, 5.41) is 1.12. The first-order valence-electron chi connectivity index (χ1n) is 7.98. The van der Waals surface area contributed by atoms with Gasteiger partial charge in [-0.25, -0.2) is 24.4 Å². The quantitative estimate of drug-likeness (QED) is 0.642. The van der Waals surface area contributed by atoms with E-state index in [9.17, 15) is 14.0 Å². The van der Waals surface area contributed by atoms with E-state index in [2.05, 4.69) is 5.43 Å². The molecule has 8 heteroatoms. The van der Waals surface area contributed by atoms with Gasteiger partial charge in [-0.1, -0.05) is 29.8 Å². The van der Waals surface area contributed by atoms with Crippen molar-refractivity contribution in [2.45, 2.75) is 32.2 Å². The van der Waals surface area contributed by atoms with Crippen molar-refractivity contribution in [3.8, 4) is 0 Å². The van der Waals surface area contributed by atoms with Crippen LogP contribution in [0.5, 0.6) is 0 Å². The van der Waals surface area contributed by atoms with Gasteiger partial charge in [-0.2, -0.15) is 0 Å². The van der Waals surface area contributed by atoms with Gasteiger partial charge < -0.3 is 9.47 Å². The average molecular weight is 371 g/mol.